The van der Waals surface area contributed by atoms with E-state index in [2.05, 4.69) is 9.97 Å². The lowest BCUT2D eigenvalue weighted by molar-refractivity contribution is 0.355. The maximum absolute atomic E-state index is 5.50. The van der Waals surface area contributed by atoms with Crippen LogP contribution in [0.25, 0.3) is 28.2 Å². The molecule has 2 aromatic carbocycles. The third-order valence-corrected chi connectivity index (χ3v) is 4.89. The van der Waals surface area contributed by atoms with Crippen LogP contribution in [-0.4, -0.2) is 48.0 Å². The molecule has 0 bridgehead atoms. The molecule has 0 fully saturated rings. The van der Waals surface area contributed by atoms with Crippen LogP contribution in [0.3, 0.4) is 0 Å². The molecule has 0 aliphatic carbocycles. The zero-order chi connectivity index (χ0) is 21.3. The topological polar surface area (TPSA) is 80.5 Å². The van der Waals surface area contributed by atoms with Gasteiger partial charge in [0.15, 0.2) is 28.6 Å². The predicted molar refractivity (Wildman–Crippen MR) is 113 cm³/mol. The van der Waals surface area contributed by atoms with E-state index in [1.165, 1.54) is 6.33 Å². The summed E-state index contributed by atoms with van der Waals surface area (Å²) >= 11 is 0. The summed E-state index contributed by atoms with van der Waals surface area (Å²) in [6.07, 6.45) is 1.54. The number of benzene rings is 2. The summed E-state index contributed by atoms with van der Waals surface area (Å²) in [5.41, 5.74) is 3.88. The summed E-state index contributed by atoms with van der Waals surface area (Å²) in [7, 11) is 6.43. The van der Waals surface area contributed by atoms with Crippen LogP contribution in [0.1, 0.15) is 5.69 Å². The Morgan fingerprint density at radius 3 is 2.03 bits per heavy atom. The third kappa shape index (κ3) is 3.16. The van der Waals surface area contributed by atoms with Crippen molar-refractivity contribution in [1.82, 2.24) is 19.5 Å². The Labute approximate surface area is 174 Å². The van der Waals surface area contributed by atoms with E-state index in [9.17, 15) is 0 Å². The van der Waals surface area contributed by atoms with Crippen molar-refractivity contribution in [3.8, 4) is 40.1 Å². The molecule has 0 N–H and O–H groups in total. The van der Waals surface area contributed by atoms with E-state index in [4.69, 9.17) is 23.9 Å². The van der Waals surface area contributed by atoms with E-state index in [-0.39, 0.29) is 0 Å². The normalized spacial score (nSPS) is 10.8. The summed E-state index contributed by atoms with van der Waals surface area (Å²) in [5.74, 6) is 3.21. The quantitative estimate of drug-likeness (QED) is 0.481. The fraction of sp³-hybridized carbons (Fsp3) is 0.227. The molecule has 30 heavy (non-hydrogen) atoms. The molecule has 0 aliphatic heterocycles. The second-order valence-corrected chi connectivity index (χ2v) is 6.51. The van der Waals surface area contributed by atoms with Gasteiger partial charge in [-0.2, -0.15) is 0 Å². The Morgan fingerprint density at radius 2 is 1.37 bits per heavy atom. The Kier molecular flexibility index (Phi) is 5.14. The van der Waals surface area contributed by atoms with Gasteiger partial charge in [0.1, 0.15) is 17.7 Å². The van der Waals surface area contributed by atoms with E-state index < -0.39 is 0 Å². The minimum Gasteiger partial charge on any atom is -0.493 e. The fourth-order valence-electron chi connectivity index (χ4n) is 3.38. The van der Waals surface area contributed by atoms with E-state index in [0.29, 0.717) is 34.5 Å². The number of hydrogen-bond donors (Lipinski definition) is 0. The second kappa shape index (κ2) is 7.90. The van der Waals surface area contributed by atoms with Crippen molar-refractivity contribution in [1.29, 1.82) is 0 Å². The molecule has 0 amide bonds. The predicted octanol–water partition coefficient (Wildman–Crippen LogP) is 3.83. The zero-order valence-electron chi connectivity index (χ0n) is 17.5. The van der Waals surface area contributed by atoms with Gasteiger partial charge >= 0.3 is 0 Å². The van der Waals surface area contributed by atoms with Crippen LogP contribution in [0.15, 0.2) is 42.7 Å². The molecule has 2 heterocycles. The molecule has 0 atom stereocenters. The van der Waals surface area contributed by atoms with E-state index in [1.807, 2.05) is 47.9 Å². The highest BCUT2D eigenvalue weighted by Gasteiger charge is 2.20. The third-order valence-electron chi connectivity index (χ3n) is 4.89. The molecule has 0 aliphatic rings. The summed E-state index contributed by atoms with van der Waals surface area (Å²) in [6.45, 7) is 1.91. The van der Waals surface area contributed by atoms with Gasteiger partial charge in [0.05, 0.1) is 39.8 Å². The van der Waals surface area contributed by atoms with Crippen molar-refractivity contribution >= 4 is 11.2 Å². The zero-order valence-corrected chi connectivity index (χ0v) is 17.5. The average molecular weight is 406 g/mol. The number of hydrogen-bond acceptors (Lipinski definition) is 7. The summed E-state index contributed by atoms with van der Waals surface area (Å²) in [4.78, 5) is 13.7. The molecular formula is C22H22N4O4. The first-order valence-electron chi connectivity index (χ1n) is 9.26. The molecule has 154 valence electrons. The fourth-order valence-corrected chi connectivity index (χ4v) is 3.38. The van der Waals surface area contributed by atoms with Gasteiger partial charge in [0.25, 0.3) is 0 Å². The van der Waals surface area contributed by atoms with Crippen LogP contribution in [0.4, 0.5) is 0 Å². The molecular weight excluding hydrogens is 384 g/mol. The summed E-state index contributed by atoms with van der Waals surface area (Å²) in [5, 5.41) is 0. The van der Waals surface area contributed by atoms with Gasteiger partial charge in [-0.3, -0.25) is 4.57 Å². The Bertz CT molecular complexity index is 1220. The highest BCUT2D eigenvalue weighted by atomic mass is 16.5. The van der Waals surface area contributed by atoms with Crippen molar-refractivity contribution < 1.29 is 18.9 Å². The number of methoxy groups -OCH3 is 4. The lowest BCUT2D eigenvalue weighted by atomic mass is 10.1. The average Bonchev–Trinajstić information content (AvgIpc) is 3.19. The highest BCUT2D eigenvalue weighted by molar-refractivity contribution is 5.82. The van der Waals surface area contributed by atoms with Crippen molar-refractivity contribution in [2.24, 2.45) is 0 Å². The first-order valence-corrected chi connectivity index (χ1v) is 9.26. The number of ether oxygens (including phenoxy) is 4. The van der Waals surface area contributed by atoms with Crippen LogP contribution in [0.5, 0.6) is 23.0 Å². The van der Waals surface area contributed by atoms with Gasteiger partial charge in [-0.05, 0) is 37.3 Å². The van der Waals surface area contributed by atoms with Crippen LogP contribution < -0.4 is 18.9 Å². The number of aromatic nitrogens is 4. The van der Waals surface area contributed by atoms with E-state index >= 15 is 0 Å². The van der Waals surface area contributed by atoms with Crippen molar-refractivity contribution in [2.75, 3.05) is 28.4 Å². The van der Waals surface area contributed by atoms with Crippen LogP contribution >= 0.6 is 0 Å². The van der Waals surface area contributed by atoms with Crippen molar-refractivity contribution in [3.63, 3.8) is 0 Å². The molecule has 0 spiro atoms. The van der Waals surface area contributed by atoms with E-state index in [0.717, 1.165) is 22.5 Å². The molecule has 2 aromatic heterocycles. The molecule has 4 aromatic rings. The first-order chi connectivity index (χ1) is 14.6. The molecule has 4 rings (SSSR count). The lowest BCUT2D eigenvalue weighted by Gasteiger charge is -2.14. The van der Waals surface area contributed by atoms with Crippen molar-refractivity contribution in [2.45, 2.75) is 6.92 Å². The van der Waals surface area contributed by atoms with E-state index in [1.54, 1.807) is 28.4 Å². The van der Waals surface area contributed by atoms with Gasteiger partial charge in [0, 0.05) is 11.6 Å². The van der Waals surface area contributed by atoms with Crippen LogP contribution in [0.2, 0.25) is 0 Å². The van der Waals surface area contributed by atoms with Gasteiger partial charge in [0.2, 0.25) is 0 Å². The van der Waals surface area contributed by atoms with Gasteiger partial charge in [-0.25, -0.2) is 15.0 Å². The lowest BCUT2D eigenvalue weighted by Crippen LogP contribution is -2.01. The maximum Gasteiger partial charge on any atom is 0.168 e. The standard InChI is InChI=1S/C22H22N4O4/c1-13-20-22(24-12-23-13)26(15-7-9-17(28-3)19(11-15)30-5)21(25-20)14-6-8-16(27-2)18(10-14)29-4/h6-12H,1-5H3. The Hall–Kier alpha value is -3.81. The van der Waals surface area contributed by atoms with Gasteiger partial charge in [-0.1, -0.05) is 0 Å². The molecule has 8 nitrogen and oxygen atoms in total. The first kappa shape index (κ1) is 19.5. The second-order valence-electron chi connectivity index (χ2n) is 6.51. The molecule has 0 radical (unpaired) electrons. The number of aryl methyl sites for hydroxylation is 1. The smallest absolute Gasteiger partial charge is 0.168 e. The number of fused-ring (bicyclic) bond motifs is 1. The largest absolute Gasteiger partial charge is 0.493 e. The maximum atomic E-state index is 5.50. The SMILES string of the molecule is COc1ccc(-c2nc3c(C)ncnc3n2-c2ccc(OC)c(OC)c2)cc1OC. The number of rotatable bonds is 6. The van der Waals surface area contributed by atoms with Crippen LogP contribution in [-0.2, 0) is 0 Å². The van der Waals surface area contributed by atoms with Gasteiger partial charge < -0.3 is 18.9 Å². The number of imidazole rings is 1. The highest BCUT2D eigenvalue weighted by Crippen LogP contribution is 2.36. The van der Waals surface area contributed by atoms with Gasteiger partial charge in [-0.15, -0.1) is 0 Å². The minimum absolute atomic E-state index is 0.612. The van der Waals surface area contributed by atoms with Crippen molar-refractivity contribution in [3.05, 3.63) is 48.4 Å². The molecule has 0 saturated carbocycles. The Morgan fingerprint density at radius 1 is 0.733 bits per heavy atom. The summed E-state index contributed by atoms with van der Waals surface area (Å²) in [6, 6.07) is 11.4. The van der Waals surface area contributed by atoms with Crippen LogP contribution in [0, 0.1) is 6.92 Å². The number of nitrogens with zero attached hydrogens (tertiary/aromatic N) is 4. The molecule has 0 saturated heterocycles. The molecule has 0 unspecified atom stereocenters. The Balaban J connectivity index is 2.01. The minimum atomic E-state index is 0.612. The monoisotopic (exact) mass is 406 g/mol. The summed E-state index contributed by atoms with van der Waals surface area (Å²) < 4.78 is 23.7. The molecule has 8 heteroatoms.